The lowest BCUT2D eigenvalue weighted by molar-refractivity contribution is -0.115. The minimum Gasteiger partial charge on any atom is -0.269 e. The summed E-state index contributed by atoms with van der Waals surface area (Å²) < 4.78 is 22.5. The van der Waals surface area contributed by atoms with E-state index in [9.17, 15) is 13.2 Å². The Labute approximate surface area is 60.0 Å². The quantitative estimate of drug-likeness (QED) is 0.565. The first-order valence-electron chi connectivity index (χ1n) is 2.50. The van der Waals surface area contributed by atoms with Crippen LogP contribution in [0, 0.1) is 0 Å². The molecule has 1 amide bonds. The van der Waals surface area contributed by atoms with Crippen LogP contribution in [-0.2, 0) is 14.8 Å². The third-order valence-electron chi connectivity index (χ3n) is 0.666. The summed E-state index contributed by atoms with van der Waals surface area (Å²) in [6.45, 7) is 4.69. The first-order valence-corrected chi connectivity index (χ1v) is 4.39. The molecule has 4 nitrogen and oxygen atoms in total. The molecule has 0 aromatic carbocycles. The Morgan fingerprint density at radius 1 is 1.50 bits per heavy atom. The van der Waals surface area contributed by atoms with Crippen molar-refractivity contribution in [2.45, 2.75) is 6.92 Å². The lowest BCUT2D eigenvalue weighted by Crippen LogP contribution is -2.29. The summed E-state index contributed by atoms with van der Waals surface area (Å²) in [5.74, 6) is -0.664. The maximum Gasteiger partial charge on any atom is 0.259 e. The van der Waals surface area contributed by atoms with Crippen molar-refractivity contribution in [3.63, 3.8) is 0 Å². The van der Waals surface area contributed by atoms with E-state index in [2.05, 4.69) is 6.58 Å². The smallest absolute Gasteiger partial charge is 0.259 e. The van der Waals surface area contributed by atoms with Crippen molar-refractivity contribution in [3.8, 4) is 0 Å². The van der Waals surface area contributed by atoms with E-state index in [4.69, 9.17) is 0 Å². The molecule has 58 valence electrons. The summed E-state index contributed by atoms with van der Waals surface area (Å²) in [6.07, 6.45) is 0.911. The van der Waals surface area contributed by atoms with Gasteiger partial charge in [-0.3, -0.25) is 4.79 Å². The summed E-state index contributed by atoms with van der Waals surface area (Å²) in [6, 6.07) is 0. The molecule has 0 saturated carbocycles. The van der Waals surface area contributed by atoms with E-state index in [1.165, 1.54) is 6.92 Å². The average Bonchev–Trinajstić information content (AvgIpc) is 1.60. The molecule has 0 rings (SSSR count). The van der Waals surface area contributed by atoms with Crippen LogP contribution in [0.1, 0.15) is 6.92 Å². The Kier molecular flexibility index (Phi) is 2.59. The second kappa shape index (κ2) is 2.83. The van der Waals surface area contributed by atoms with Crippen LogP contribution in [-0.4, -0.2) is 20.6 Å². The molecule has 0 aliphatic heterocycles. The highest BCUT2D eigenvalue weighted by Crippen LogP contribution is 1.86. The zero-order chi connectivity index (χ0) is 8.36. The molecule has 0 bridgehead atoms. The molecular weight excluding hydrogens is 154 g/mol. The lowest BCUT2D eigenvalue weighted by atomic mass is 10.3. The number of hydrogen-bond acceptors (Lipinski definition) is 3. The molecular formula is C5H9NO3S. The molecule has 0 unspecified atom stereocenters. The molecule has 1 N–H and O–H groups in total. The Morgan fingerprint density at radius 3 is 2.00 bits per heavy atom. The fourth-order valence-electron chi connectivity index (χ4n) is 0.256. The highest BCUT2D eigenvalue weighted by atomic mass is 32.2. The molecule has 0 fully saturated rings. The van der Waals surface area contributed by atoms with Crippen LogP contribution in [0.5, 0.6) is 0 Å². The minimum absolute atomic E-state index is 0.172. The van der Waals surface area contributed by atoms with Gasteiger partial charge in [0.2, 0.25) is 10.0 Å². The number of carbonyl (C=O) groups excluding carboxylic acids is 1. The molecule has 0 heterocycles. The summed E-state index contributed by atoms with van der Waals surface area (Å²) in [7, 11) is -3.43. The SMILES string of the molecule is C=C(C)C(=O)NS(C)(=O)=O. The van der Waals surface area contributed by atoms with Gasteiger partial charge < -0.3 is 0 Å². The maximum absolute atomic E-state index is 10.6. The van der Waals surface area contributed by atoms with Gasteiger partial charge in [0, 0.05) is 5.57 Å². The monoisotopic (exact) mass is 163 g/mol. The summed E-state index contributed by atoms with van der Waals surface area (Å²) in [5, 5.41) is 0. The molecule has 0 aliphatic rings. The molecule has 0 saturated heterocycles. The number of rotatable bonds is 2. The zero-order valence-electron chi connectivity index (χ0n) is 5.84. The largest absolute Gasteiger partial charge is 0.269 e. The first kappa shape index (κ1) is 9.16. The van der Waals surface area contributed by atoms with Crippen molar-refractivity contribution in [2.24, 2.45) is 0 Å². The maximum atomic E-state index is 10.6. The van der Waals surface area contributed by atoms with Crippen molar-refractivity contribution in [3.05, 3.63) is 12.2 Å². The van der Waals surface area contributed by atoms with Crippen molar-refractivity contribution in [1.29, 1.82) is 0 Å². The van der Waals surface area contributed by atoms with Crippen LogP contribution < -0.4 is 4.72 Å². The summed E-state index contributed by atoms with van der Waals surface area (Å²) >= 11 is 0. The number of nitrogens with one attached hydrogen (secondary N) is 1. The fraction of sp³-hybridized carbons (Fsp3) is 0.400. The van der Waals surface area contributed by atoms with Crippen molar-refractivity contribution >= 4 is 15.9 Å². The minimum atomic E-state index is -3.43. The van der Waals surface area contributed by atoms with E-state index >= 15 is 0 Å². The topological polar surface area (TPSA) is 63.2 Å². The average molecular weight is 163 g/mol. The highest BCUT2D eigenvalue weighted by Gasteiger charge is 2.07. The summed E-state index contributed by atoms with van der Waals surface area (Å²) in [4.78, 5) is 10.6. The van der Waals surface area contributed by atoms with Gasteiger partial charge >= 0.3 is 0 Å². The first-order chi connectivity index (χ1) is 4.33. The van der Waals surface area contributed by atoms with Gasteiger partial charge in [-0.05, 0) is 6.92 Å². The number of carbonyl (C=O) groups is 1. The van der Waals surface area contributed by atoms with Crippen LogP contribution >= 0.6 is 0 Å². The second-order valence-electron chi connectivity index (χ2n) is 1.98. The molecule has 0 atom stereocenters. The molecule has 0 aliphatic carbocycles. The van der Waals surface area contributed by atoms with Crippen LogP contribution in [0.4, 0.5) is 0 Å². The Bertz CT molecular complexity index is 252. The molecule has 0 spiro atoms. The molecule has 0 radical (unpaired) electrons. The van der Waals surface area contributed by atoms with E-state index in [1.807, 2.05) is 0 Å². The predicted molar refractivity (Wildman–Crippen MR) is 37.8 cm³/mol. The van der Waals surface area contributed by atoms with Gasteiger partial charge in [0.15, 0.2) is 0 Å². The van der Waals surface area contributed by atoms with Crippen LogP contribution in [0.3, 0.4) is 0 Å². The van der Waals surface area contributed by atoms with Crippen LogP contribution in [0.2, 0.25) is 0 Å². The summed E-state index contributed by atoms with van der Waals surface area (Å²) in [5.41, 5.74) is 0.172. The van der Waals surface area contributed by atoms with Gasteiger partial charge in [0.25, 0.3) is 5.91 Å². The third kappa shape index (κ3) is 4.08. The number of hydrogen-bond donors (Lipinski definition) is 1. The van der Waals surface area contributed by atoms with Gasteiger partial charge in [0.05, 0.1) is 6.26 Å². The van der Waals surface area contributed by atoms with E-state index in [1.54, 1.807) is 4.72 Å². The zero-order valence-corrected chi connectivity index (χ0v) is 6.66. The van der Waals surface area contributed by atoms with Crippen LogP contribution in [0.15, 0.2) is 12.2 Å². The van der Waals surface area contributed by atoms with E-state index < -0.39 is 15.9 Å². The Morgan fingerprint density at radius 2 is 1.90 bits per heavy atom. The number of amides is 1. The normalized spacial score (nSPS) is 10.6. The third-order valence-corrected chi connectivity index (χ3v) is 1.22. The lowest BCUT2D eigenvalue weighted by Gasteiger charge is -1.99. The predicted octanol–water partition coefficient (Wildman–Crippen LogP) is -0.362. The van der Waals surface area contributed by atoms with E-state index in [-0.39, 0.29) is 5.57 Å². The van der Waals surface area contributed by atoms with Crippen molar-refractivity contribution < 1.29 is 13.2 Å². The fourth-order valence-corrected chi connectivity index (χ4v) is 0.767. The highest BCUT2D eigenvalue weighted by molar-refractivity contribution is 7.89. The standard InChI is InChI=1S/C5H9NO3S/c1-4(2)5(7)6-10(3,8)9/h1H2,2-3H3,(H,6,7). The van der Waals surface area contributed by atoms with E-state index in [0.717, 1.165) is 6.26 Å². The van der Waals surface area contributed by atoms with Gasteiger partial charge in [-0.15, -0.1) is 0 Å². The molecule has 5 heteroatoms. The molecule has 0 aromatic heterocycles. The van der Waals surface area contributed by atoms with Crippen LogP contribution in [0.25, 0.3) is 0 Å². The number of sulfonamides is 1. The van der Waals surface area contributed by atoms with Crippen molar-refractivity contribution in [1.82, 2.24) is 4.72 Å². The Balaban J connectivity index is 4.21. The second-order valence-corrected chi connectivity index (χ2v) is 3.73. The van der Waals surface area contributed by atoms with Gasteiger partial charge in [-0.2, -0.15) is 0 Å². The van der Waals surface area contributed by atoms with E-state index in [0.29, 0.717) is 0 Å². The van der Waals surface area contributed by atoms with Crippen molar-refractivity contribution in [2.75, 3.05) is 6.26 Å². The molecule has 0 aromatic rings. The van der Waals surface area contributed by atoms with Gasteiger partial charge in [-0.1, -0.05) is 6.58 Å². The van der Waals surface area contributed by atoms with Gasteiger partial charge in [0.1, 0.15) is 0 Å². The van der Waals surface area contributed by atoms with Gasteiger partial charge in [-0.25, -0.2) is 13.1 Å². The Hall–Kier alpha value is -0.840. The molecule has 10 heavy (non-hydrogen) atoms.